The topological polar surface area (TPSA) is 17.8 Å². The minimum atomic E-state index is 0.692. The van der Waals surface area contributed by atoms with E-state index in [2.05, 4.69) is 48.0 Å². The van der Waals surface area contributed by atoms with Gasteiger partial charge in [-0.3, -0.25) is 4.68 Å². The molecular weight excluding hydrogens is 288 g/mol. The highest BCUT2D eigenvalue weighted by atomic mass is 79.9. The lowest BCUT2D eigenvalue weighted by molar-refractivity contribution is 0.222. The molecule has 0 N–H and O–H groups in total. The molecule has 0 amide bonds. The summed E-state index contributed by atoms with van der Waals surface area (Å²) in [5.41, 5.74) is 1.40. The van der Waals surface area contributed by atoms with E-state index in [1.54, 1.807) is 0 Å². The van der Waals surface area contributed by atoms with Crippen LogP contribution in [0.4, 0.5) is 0 Å². The molecule has 1 aliphatic carbocycles. The minimum absolute atomic E-state index is 0.692. The zero-order valence-electron chi connectivity index (χ0n) is 11.8. The first kappa shape index (κ1) is 14.1. The van der Waals surface area contributed by atoms with Gasteiger partial charge in [0.1, 0.15) is 0 Å². The zero-order chi connectivity index (χ0) is 13.1. The lowest BCUT2D eigenvalue weighted by atomic mass is 9.74. The van der Waals surface area contributed by atoms with Gasteiger partial charge in [-0.2, -0.15) is 5.10 Å². The van der Waals surface area contributed by atoms with Gasteiger partial charge in [-0.1, -0.05) is 29.8 Å². The normalized spacial score (nSPS) is 28.8. The summed E-state index contributed by atoms with van der Waals surface area (Å²) in [6.07, 6.45) is 9.51. The first-order chi connectivity index (χ1) is 8.60. The van der Waals surface area contributed by atoms with Crippen LogP contribution in [0.3, 0.4) is 0 Å². The number of hydrogen-bond acceptors (Lipinski definition) is 1. The number of aryl methyl sites for hydroxylation is 1. The fraction of sp³-hybridized carbons (Fsp3) is 0.800. The smallest absolute Gasteiger partial charge is 0.0521 e. The molecule has 0 aromatic carbocycles. The molecule has 0 bridgehead atoms. The van der Waals surface area contributed by atoms with Crippen molar-refractivity contribution in [3.05, 3.63) is 18.0 Å². The van der Waals surface area contributed by atoms with Crippen molar-refractivity contribution in [2.75, 3.05) is 0 Å². The summed E-state index contributed by atoms with van der Waals surface area (Å²) in [6, 6.07) is 0. The van der Waals surface area contributed by atoms with Crippen molar-refractivity contribution in [3.8, 4) is 0 Å². The maximum atomic E-state index is 4.38. The Morgan fingerprint density at radius 1 is 1.44 bits per heavy atom. The number of halogens is 1. The molecule has 18 heavy (non-hydrogen) atoms. The molecule has 0 aliphatic heterocycles. The predicted molar refractivity (Wildman–Crippen MR) is 80.0 cm³/mol. The van der Waals surface area contributed by atoms with Gasteiger partial charge in [-0.25, -0.2) is 0 Å². The van der Waals surface area contributed by atoms with Crippen molar-refractivity contribution < 1.29 is 0 Å². The molecule has 102 valence electrons. The van der Waals surface area contributed by atoms with Crippen LogP contribution < -0.4 is 0 Å². The van der Waals surface area contributed by atoms with Gasteiger partial charge < -0.3 is 0 Å². The third-order valence-corrected chi connectivity index (χ3v) is 5.59. The highest BCUT2D eigenvalue weighted by Crippen LogP contribution is 2.38. The largest absolute Gasteiger partial charge is 0.273 e. The Morgan fingerprint density at radius 3 is 2.83 bits per heavy atom. The Bertz CT molecular complexity index is 372. The molecule has 2 rings (SSSR count). The monoisotopic (exact) mass is 312 g/mol. The minimum Gasteiger partial charge on any atom is -0.273 e. The van der Waals surface area contributed by atoms with E-state index in [1.807, 2.05) is 10.9 Å². The SMILES string of the molecule is CCn1cc(CC2CC(C(C)C)CCC2Br)cn1. The summed E-state index contributed by atoms with van der Waals surface area (Å²) >= 11 is 3.89. The van der Waals surface area contributed by atoms with Gasteiger partial charge in [0.2, 0.25) is 0 Å². The van der Waals surface area contributed by atoms with Crippen LogP contribution in [0.15, 0.2) is 12.4 Å². The first-order valence-corrected chi connectivity index (χ1v) is 8.17. The number of hydrogen-bond donors (Lipinski definition) is 0. The van der Waals surface area contributed by atoms with Crippen LogP contribution in [0.5, 0.6) is 0 Å². The lowest BCUT2D eigenvalue weighted by Crippen LogP contribution is -2.29. The second-order valence-corrected chi connectivity index (χ2v) is 7.18. The Labute approximate surface area is 119 Å². The Hall–Kier alpha value is -0.310. The van der Waals surface area contributed by atoms with E-state index in [4.69, 9.17) is 0 Å². The number of aromatic nitrogens is 2. The molecule has 1 heterocycles. The van der Waals surface area contributed by atoms with Crippen LogP contribution >= 0.6 is 15.9 Å². The molecule has 1 aliphatic rings. The molecule has 3 unspecified atom stereocenters. The number of rotatable bonds is 4. The standard InChI is InChI=1S/C15H25BrN2/c1-4-18-10-12(9-17-18)7-14-8-13(11(2)3)5-6-15(14)16/h9-11,13-15H,4-8H2,1-3H3. The van der Waals surface area contributed by atoms with Crippen molar-refractivity contribution in [2.24, 2.45) is 17.8 Å². The van der Waals surface area contributed by atoms with E-state index >= 15 is 0 Å². The van der Waals surface area contributed by atoms with Crippen molar-refractivity contribution in [2.45, 2.75) is 57.8 Å². The van der Waals surface area contributed by atoms with Gasteiger partial charge in [0.05, 0.1) is 6.20 Å². The second-order valence-electron chi connectivity index (χ2n) is 6.00. The molecule has 1 fully saturated rings. The summed E-state index contributed by atoms with van der Waals surface area (Å²) in [7, 11) is 0. The number of nitrogens with zero attached hydrogens (tertiary/aromatic N) is 2. The van der Waals surface area contributed by atoms with E-state index in [0.29, 0.717) is 4.83 Å². The van der Waals surface area contributed by atoms with Gasteiger partial charge >= 0.3 is 0 Å². The van der Waals surface area contributed by atoms with Crippen LogP contribution in [0.25, 0.3) is 0 Å². The highest BCUT2D eigenvalue weighted by Gasteiger charge is 2.30. The van der Waals surface area contributed by atoms with Crippen molar-refractivity contribution in [1.29, 1.82) is 0 Å². The first-order valence-electron chi connectivity index (χ1n) is 7.25. The predicted octanol–water partition coefficient (Wildman–Crippen LogP) is 4.28. The summed E-state index contributed by atoms with van der Waals surface area (Å²) in [4.78, 5) is 0.692. The molecule has 1 saturated carbocycles. The third-order valence-electron chi connectivity index (χ3n) is 4.38. The van der Waals surface area contributed by atoms with Crippen LogP contribution in [-0.4, -0.2) is 14.6 Å². The number of alkyl halides is 1. The van der Waals surface area contributed by atoms with E-state index in [9.17, 15) is 0 Å². The molecule has 1 aromatic heterocycles. The Morgan fingerprint density at radius 2 is 2.22 bits per heavy atom. The zero-order valence-corrected chi connectivity index (χ0v) is 13.4. The summed E-state index contributed by atoms with van der Waals surface area (Å²) < 4.78 is 2.03. The van der Waals surface area contributed by atoms with Gasteiger partial charge in [-0.05, 0) is 55.9 Å². The molecule has 3 heteroatoms. The van der Waals surface area contributed by atoms with Gasteiger partial charge in [0.25, 0.3) is 0 Å². The maximum absolute atomic E-state index is 4.38. The van der Waals surface area contributed by atoms with E-state index in [1.165, 1.54) is 31.2 Å². The molecule has 0 radical (unpaired) electrons. The maximum Gasteiger partial charge on any atom is 0.0521 e. The summed E-state index contributed by atoms with van der Waals surface area (Å²) in [5, 5.41) is 4.38. The third kappa shape index (κ3) is 3.37. The molecule has 0 saturated heterocycles. The quantitative estimate of drug-likeness (QED) is 0.759. The van der Waals surface area contributed by atoms with Crippen LogP contribution in [-0.2, 0) is 13.0 Å². The van der Waals surface area contributed by atoms with E-state index in [0.717, 1.165) is 24.3 Å². The summed E-state index contributed by atoms with van der Waals surface area (Å²) in [6.45, 7) is 7.84. The van der Waals surface area contributed by atoms with Gasteiger partial charge in [-0.15, -0.1) is 0 Å². The van der Waals surface area contributed by atoms with Crippen LogP contribution in [0.2, 0.25) is 0 Å². The molecular formula is C15H25BrN2. The second kappa shape index (κ2) is 6.23. The average Bonchev–Trinajstić information content (AvgIpc) is 2.79. The van der Waals surface area contributed by atoms with Crippen molar-refractivity contribution in [1.82, 2.24) is 9.78 Å². The highest BCUT2D eigenvalue weighted by molar-refractivity contribution is 9.09. The van der Waals surface area contributed by atoms with Crippen LogP contribution in [0, 0.1) is 17.8 Å². The molecule has 1 aromatic rings. The van der Waals surface area contributed by atoms with Crippen LogP contribution in [0.1, 0.15) is 45.6 Å². The molecule has 2 nitrogen and oxygen atoms in total. The fourth-order valence-electron chi connectivity index (χ4n) is 3.07. The van der Waals surface area contributed by atoms with Crippen molar-refractivity contribution in [3.63, 3.8) is 0 Å². The molecule has 3 atom stereocenters. The lowest BCUT2D eigenvalue weighted by Gasteiger charge is -2.35. The Balaban J connectivity index is 1.97. The van der Waals surface area contributed by atoms with Gasteiger partial charge in [0, 0.05) is 17.6 Å². The molecule has 0 spiro atoms. The average molecular weight is 313 g/mol. The van der Waals surface area contributed by atoms with E-state index < -0.39 is 0 Å². The fourth-order valence-corrected chi connectivity index (χ4v) is 3.73. The summed E-state index contributed by atoms with van der Waals surface area (Å²) in [5.74, 6) is 2.51. The van der Waals surface area contributed by atoms with Gasteiger partial charge in [0.15, 0.2) is 0 Å². The Kier molecular flexibility index (Phi) is 4.88. The van der Waals surface area contributed by atoms with Crippen molar-refractivity contribution >= 4 is 15.9 Å². The van der Waals surface area contributed by atoms with E-state index in [-0.39, 0.29) is 0 Å².